The summed E-state index contributed by atoms with van der Waals surface area (Å²) in [6, 6.07) is 12.2. The van der Waals surface area contributed by atoms with Crippen LogP contribution in [0.5, 0.6) is 0 Å². The van der Waals surface area contributed by atoms with E-state index in [0.717, 1.165) is 42.2 Å². The molecule has 6 nitrogen and oxygen atoms in total. The van der Waals surface area contributed by atoms with Gasteiger partial charge in [-0.3, -0.25) is 4.79 Å². The molecule has 1 aromatic carbocycles. The second-order valence-electron chi connectivity index (χ2n) is 7.16. The summed E-state index contributed by atoms with van der Waals surface area (Å²) in [5.74, 6) is 0.777. The Morgan fingerprint density at radius 1 is 1.18 bits per heavy atom. The molecule has 3 aromatic rings. The minimum absolute atomic E-state index is 0.0311. The zero-order valence-corrected chi connectivity index (χ0v) is 16.9. The van der Waals surface area contributed by atoms with Gasteiger partial charge < -0.3 is 10.2 Å². The van der Waals surface area contributed by atoms with Gasteiger partial charge in [0.05, 0.1) is 17.3 Å². The molecule has 0 saturated carbocycles. The number of hydrogen-bond acceptors (Lipinski definition) is 6. The van der Waals surface area contributed by atoms with E-state index < -0.39 is 0 Å². The van der Waals surface area contributed by atoms with Crippen LogP contribution in [0.1, 0.15) is 24.1 Å². The number of hydrogen-bond donors (Lipinski definition) is 1. The monoisotopic (exact) mass is 393 g/mol. The fourth-order valence-corrected chi connectivity index (χ4v) is 4.21. The number of carbonyl (C=O) groups is 1. The molecule has 1 unspecified atom stereocenters. The fraction of sp³-hybridized carbons (Fsp3) is 0.333. The van der Waals surface area contributed by atoms with E-state index in [1.165, 1.54) is 16.9 Å². The topological polar surface area (TPSA) is 71.0 Å². The number of nitrogens with one attached hydrogen (secondary N) is 1. The molecule has 1 aliphatic heterocycles. The van der Waals surface area contributed by atoms with Gasteiger partial charge in [0.15, 0.2) is 10.9 Å². The van der Waals surface area contributed by atoms with Crippen LogP contribution in [0.4, 0.5) is 10.9 Å². The van der Waals surface area contributed by atoms with E-state index in [-0.39, 0.29) is 11.8 Å². The van der Waals surface area contributed by atoms with Crippen LogP contribution < -0.4 is 10.2 Å². The average molecular weight is 394 g/mol. The van der Waals surface area contributed by atoms with E-state index in [2.05, 4.69) is 44.5 Å². The summed E-state index contributed by atoms with van der Waals surface area (Å²) >= 11 is 1.46. The lowest BCUT2D eigenvalue weighted by Crippen LogP contribution is -2.41. The first-order valence-electron chi connectivity index (χ1n) is 9.48. The summed E-state index contributed by atoms with van der Waals surface area (Å²) in [5, 5.41) is 14.4. The number of nitrogens with zero attached hydrogens (tertiary/aromatic N) is 4. The van der Waals surface area contributed by atoms with Gasteiger partial charge in [-0.05, 0) is 44.4 Å². The standard InChI is InChI=1S/C21H23N5OS/c1-14-6-3-4-8-17(14)18-9-10-19(25-24-18)26-11-5-7-16(12-26)20(27)23-21-22-15(2)13-28-21/h3-4,6,8-10,13,16H,5,7,11-12H2,1-2H3,(H,22,23,27). The van der Waals surface area contributed by atoms with Crippen LogP contribution in [0.25, 0.3) is 11.3 Å². The highest BCUT2D eigenvalue weighted by Gasteiger charge is 2.27. The Hall–Kier alpha value is -2.80. The number of aromatic nitrogens is 3. The molecule has 3 heterocycles. The van der Waals surface area contributed by atoms with Crippen molar-refractivity contribution in [1.29, 1.82) is 0 Å². The molecule has 1 amide bonds. The van der Waals surface area contributed by atoms with Crippen LogP contribution in [-0.2, 0) is 4.79 Å². The van der Waals surface area contributed by atoms with E-state index in [1.807, 2.05) is 36.6 Å². The van der Waals surface area contributed by atoms with Gasteiger partial charge in [-0.2, -0.15) is 0 Å². The van der Waals surface area contributed by atoms with Crippen molar-refractivity contribution in [2.75, 3.05) is 23.3 Å². The molecule has 144 valence electrons. The maximum absolute atomic E-state index is 12.6. The Morgan fingerprint density at radius 3 is 2.75 bits per heavy atom. The minimum Gasteiger partial charge on any atom is -0.354 e. The van der Waals surface area contributed by atoms with Crippen LogP contribution in [0.15, 0.2) is 41.8 Å². The molecule has 0 spiro atoms. The zero-order chi connectivity index (χ0) is 19.5. The number of benzene rings is 1. The van der Waals surface area contributed by atoms with E-state index >= 15 is 0 Å². The van der Waals surface area contributed by atoms with Crippen LogP contribution in [0.3, 0.4) is 0 Å². The number of thiazole rings is 1. The quantitative estimate of drug-likeness (QED) is 0.723. The third kappa shape index (κ3) is 4.04. The summed E-state index contributed by atoms with van der Waals surface area (Å²) in [5.41, 5.74) is 4.06. The molecule has 28 heavy (non-hydrogen) atoms. The molecule has 4 rings (SSSR count). The molecule has 2 aromatic heterocycles. The Labute approximate surface area is 168 Å². The lowest BCUT2D eigenvalue weighted by molar-refractivity contribution is -0.120. The normalized spacial score (nSPS) is 16.8. The molecule has 0 aliphatic carbocycles. The molecule has 1 atom stereocenters. The number of carbonyl (C=O) groups excluding carboxylic acids is 1. The lowest BCUT2D eigenvalue weighted by Gasteiger charge is -2.32. The molecule has 1 aliphatic rings. The second kappa shape index (κ2) is 8.06. The van der Waals surface area contributed by atoms with Crippen LogP contribution in [-0.4, -0.2) is 34.2 Å². The Bertz CT molecular complexity index is 969. The number of anilines is 2. The Kier molecular flexibility index (Phi) is 5.34. The van der Waals surface area contributed by atoms with Gasteiger partial charge in [0, 0.05) is 24.0 Å². The van der Waals surface area contributed by atoms with Gasteiger partial charge in [0.1, 0.15) is 0 Å². The summed E-state index contributed by atoms with van der Waals surface area (Å²) in [4.78, 5) is 19.1. The number of rotatable bonds is 4. The number of piperidine rings is 1. The molecule has 1 fully saturated rings. The molecular formula is C21H23N5OS. The Morgan fingerprint density at radius 2 is 2.04 bits per heavy atom. The predicted molar refractivity (Wildman–Crippen MR) is 113 cm³/mol. The minimum atomic E-state index is -0.0733. The highest BCUT2D eigenvalue weighted by molar-refractivity contribution is 7.13. The zero-order valence-electron chi connectivity index (χ0n) is 16.1. The maximum Gasteiger partial charge on any atom is 0.231 e. The van der Waals surface area contributed by atoms with Crippen molar-refractivity contribution < 1.29 is 4.79 Å². The highest BCUT2D eigenvalue weighted by atomic mass is 32.1. The number of amides is 1. The van der Waals surface area contributed by atoms with Gasteiger partial charge in [0.2, 0.25) is 5.91 Å². The average Bonchev–Trinajstić information content (AvgIpc) is 3.13. The predicted octanol–water partition coefficient (Wildman–Crippen LogP) is 4.07. The van der Waals surface area contributed by atoms with E-state index in [4.69, 9.17) is 0 Å². The maximum atomic E-state index is 12.6. The Balaban J connectivity index is 1.44. The van der Waals surface area contributed by atoms with Crippen molar-refractivity contribution in [1.82, 2.24) is 15.2 Å². The van der Waals surface area contributed by atoms with Crippen LogP contribution in [0, 0.1) is 19.8 Å². The SMILES string of the molecule is Cc1csc(NC(=O)C2CCCN(c3ccc(-c4ccccc4C)nn3)C2)n1. The summed E-state index contributed by atoms with van der Waals surface area (Å²) in [7, 11) is 0. The smallest absolute Gasteiger partial charge is 0.231 e. The van der Waals surface area contributed by atoms with Crippen molar-refractivity contribution in [2.45, 2.75) is 26.7 Å². The molecule has 7 heteroatoms. The van der Waals surface area contributed by atoms with Crippen LogP contribution >= 0.6 is 11.3 Å². The van der Waals surface area contributed by atoms with Crippen LogP contribution in [0.2, 0.25) is 0 Å². The van der Waals surface area contributed by atoms with E-state index in [1.54, 1.807) is 0 Å². The largest absolute Gasteiger partial charge is 0.354 e. The van der Waals surface area contributed by atoms with Crippen molar-refractivity contribution in [2.24, 2.45) is 5.92 Å². The summed E-state index contributed by atoms with van der Waals surface area (Å²) in [6.45, 7) is 5.53. The van der Waals surface area contributed by atoms with Gasteiger partial charge in [-0.25, -0.2) is 4.98 Å². The van der Waals surface area contributed by atoms with Gasteiger partial charge in [-0.15, -0.1) is 21.5 Å². The van der Waals surface area contributed by atoms with E-state index in [9.17, 15) is 4.79 Å². The van der Waals surface area contributed by atoms with Crippen molar-refractivity contribution >= 4 is 28.2 Å². The third-order valence-electron chi connectivity index (χ3n) is 5.04. The van der Waals surface area contributed by atoms with Crippen molar-refractivity contribution in [3.05, 3.63) is 53.0 Å². The summed E-state index contributed by atoms with van der Waals surface area (Å²) in [6.07, 6.45) is 1.83. The molecule has 1 saturated heterocycles. The second-order valence-corrected chi connectivity index (χ2v) is 8.02. The van der Waals surface area contributed by atoms with Crippen molar-refractivity contribution in [3.63, 3.8) is 0 Å². The summed E-state index contributed by atoms with van der Waals surface area (Å²) < 4.78 is 0. The first kappa shape index (κ1) is 18.6. The first-order chi connectivity index (χ1) is 13.6. The van der Waals surface area contributed by atoms with Crippen molar-refractivity contribution in [3.8, 4) is 11.3 Å². The molecule has 1 N–H and O–H groups in total. The van der Waals surface area contributed by atoms with Gasteiger partial charge in [-0.1, -0.05) is 24.3 Å². The lowest BCUT2D eigenvalue weighted by atomic mass is 9.97. The fourth-order valence-electron chi connectivity index (χ4n) is 3.52. The van der Waals surface area contributed by atoms with Gasteiger partial charge in [0.25, 0.3) is 0 Å². The van der Waals surface area contributed by atoms with Gasteiger partial charge >= 0.3 is 0 Å². The molecular weight excluding hydrogens is 370 g/mol. The number of aryl methyl sites for hydroxylation is 2. The van der Waals surface area contributed by atoms with E-state index in [0.29, 0.717) is 11.7 Å². The molecule has 0 bridgehead atoms. The third-order valence-corrected chi connectivity index (χ3v) is 5.91. The first-order valence-corrected chi connectivity index (χ1v) is 10.4. The highest BCUT2D eigenvalue weighted by Crippen LogP contribution is 2.26. The molecule has 0 radical (unpaired) electrons.